The van der Waals surface area contributed by atoms with Gasteiger partial charge in [-0.1, -0.05) is 5.16 Å². The van der Waals surface area contributed by atoms with Gasteiger partial charge in [0.2, 0.25) is 11.8 Å². The molecule has 1 amide bonds. The molecule has 1 saturated heterocycles. The van der Waals surface area contributed by atoms with Crippen LogP contribution in [0.4, 0.5) is 0 Å². The maximum absolute atomic E-state index is 12.1. The summed E-state index contributed by atoms with van der Waals surface area (Å²) >= 11 is 0. The fourth-order valence-electron chi connectivity index (χ4n) is 3.77. The van der Waals surface area contributed by atoms with Crippen LogP contribution >= 0.6 is 12.4 Å². The van der Waals surface area contributed by atoms with Crippen molar-refractivity contribution in [2.24, 2.45) is 5.92 Å². The minimum absolute atomic E-state index is 0. The zero-order valence-corrected chi connectivity index (χ0v) is 15.2. The highest BCUT2D eigenvalue weighted by Crippen LogP contribution is 2.32. The topological polar surface area (TPSA) is 80.0 Å². The molecule has 1 aliphatic heterocycles. The van der Waals surface area contributed by atoms with Gasteiger partial charge in [-0.15, -0.1) is 12.4 Å². The van der Waals surface area contributed by atoms with Gasteiger partial charge >= 0.3 is 0 Å². The lowest BCUT2D eigenvalue weighted by molar-refractivity contribution is -0.122. The van der Waals surface area contributed by atoms with E-state index < -0.39 is 0 Å². The van der Waals surface area contributed by atoms with E-state index >= 15 is 0 Å². The van der Waals surface area contributed by atoms with E-state index in [0.29, 0.717) is 24.2 Å². The molecule has 24 heavy (non-hydrogen) atoms. The number of piperidine rings is 1. The molecule has 0 atom stereocenters. The van der Waals surface area contributed by atoms with E-state index in [1.54, 1.807) is 0 Å². The largest absolute Gasteiger partial charge is 0.353 e. The van der Waals surface area contributed by atoms with Crippen LogP contribution in [0.25, 0.3) is 0 Å². The van der Waals surface area contributed by atoms with Crippen molar-refractivity contribution in [1.29, 1.82) is 0 Å². The zero-order valence-electron chi connectivity index (χ0n) is 14.4. The molecule has 136 valence electrons. The van der Waals surface area contributed by atoms with Crippen molar-refractivity contribution in [3.8, 4) is 0 Å². The molecule has 1 aliphatic carbocycles. The Bertz CT molecular complexity index is 508. The molecule has 2 N–H and O–H groups in total. The average Bonchev–Trinajstić information content (AvgIpc) is 3.01. The van der Waals surface area contributed by atoms with Gasteiger partial charge in [0.15, 0.2) is 5.82 Å². The first-order chi connectivity index (χ1) is 11.2. The molecule has 0 aromatic carbocycles. The second-order valence-corrected chi connectivity index (χ2v) is 7.03. The van der Waals surface area contributed by atoms with Crippen LogP contribution in [-0.2, 0) is 4.79 Å². The molecule has 2 heterocycles. The first kappa shape index (κ1) is 19.2. The number of rotatable bonds is 5. The molecule has 0 unspecified atom stereocenters. The zero-order chi connectivity index (χ0) is 16.1. The van der Waals surface area contributed by atoms with Crippen LogP contribution in [0, 0.1) is 12.8 Å². The number of amides is 1. The van der Waals surface area contributed by atoms with Crippen molar-refractivity contribution in [2.45, 2.75) is 70.3 Å². The van der Waals surface area contributed by atoms with Gasteiger partial charge in [0, 0.05) is 18.4 Å². The van der Waals surface area contributed by atoms with E-state index in [-0.39, 0.29) is 18.3 Å². The van der Waals surface area contributed by atoms with Gasteiger partial charge in [-0.25, -0.2) is 0 Å². The Hall–Kier alpha value is -1.14. The van der Waals surface area contributed by atoms with Crippen molar-refractivity contribution in [3.63, 3.8) is 0 Å². The van der Waals surface area contributed by atoms with Crippen molar-refractivity contribution >= 4 is 18.3 Å². The summed E-state index contributed by atoms with van der Waals surface area (Å²) in [5.74, 6) is 2.77. The summed E-state index contributed by atoms with van der Waals surface area (Å²) in [4.78, 5) is 16.5. The normalized spacial score (nSPS) is 25.0. The summed E-state index contributed by atoms with van der Waals surface area (Å²) in [6.07, 6.45) is 8.17. The molecule has 3 rings (SSSR count). The quantitative estimate of drug-likeness (QED) is 0.847. The number of carbonyl (C=O) groups excluding carboxylic acids is 1. The minimum Gasteiger partial charge on any atom is -0.353 e. The van der Waals surface area contributed by atoms with E-state index in [4.69, 9.17) is 4.52 Å². The summed E-state index contributed by atoms with van der Waals surface area (Å²) < 4.78 is 5.27. The fraction of sp³-hybridized carbons (Fsp3) is 0.824. The lowest BCUT2D eigenvalue weighted by atomic mass is 9.85. The fourth-order valence-corrected chi connectivity index (χ4v) is 3.77. The monoisotopic (exact) mass is 356 g/mol. The first-order valence-electron chi connectivity index (χ1n) is 9.01. The lowest BCUT2D eigenvalue weighted by Gasteiger charge is -2.27. The van der Waals surface area contributed by atoms with Crippen LogP contribution in [-0.4, -0.2) is 35.2 Å². The molecular weight excluding hydrogens is 328 g/mol. The Labute approximate surface area is 149 Å². The molecule has 1 aromatic rings. The lowest BCUT2D eigenvalue weighted by Crippen LogP contribution is -2.37. The van der Waals surface area contributed by atoms with E-state index in [2.05, 4.69) is 20.8 Å². The molecule has 7 heteroatoms. The molecule has 0 radical (unpaired) electrons. The third kappa shape index (κ3) is 5.45. The number of aryl methyl sites for hydroxylation is 1. The Morgan fingerprint density at radius 2 is 1.92 bits per heavy atom. The molecular formula is C17H29ClN4O2. The summed E-state index contributed by atoms with van der Waals surface area (Å²) in [5.41, 5.74) is 0. The SMILES string of the molecule is Cc1noc(C2CCC(NC(=O)CCC3CCNCC3)CC2)n1.Cl. The Morgan fingerprint density at radius 3 is 2.54 bits per heavy atom. The Balaban J connectivity index is 0.00000208. The van der Waals surface area contributed by atoms with Crippen molar-refractivity contribution in [1.82, 2.24) is 20.8 Å². The number of hydrogen-bond donors (Lipinski definition) is 2. The van der Waals surface area contributed by atoms with Crippen LogP contribution in [0.3, 0.4) is 0 Å². The number of nitrogens with zero attached hydrogens (tertiary/aromatic N) is 2. The predicted octanol–water partition coefficient (Wildman–Crippen LogP) is 2.72. The molecule has 0 spiro atoms. The van der Waals surface area contributed by atoms with Crippen molar-refractivity contribution in [3.05, 3.63) is 11.7 Å². The van der Waals surface area contributed by atoms with Crippen molar-refractivity contribution < 1.29 is 9.32 Å². The number of hydrogen-bond acceptors (Lipinski definition) is 5. The first-order valence-corrected chi connectivity index (χ1v) is 9.01. The van der Waals surface area contributed by atoms with Gasteiger partial charge in [0.05, 0.1) is 0 Å². The number of nitrogens with one attached hydrogen (secondary N) is 2. The van der Waals surface area contributed by atoms with Gasteiger partial charge in [0.1, 0.15) is 0 Å². The molecule has 2 aliphatic rings. The van der Waals surface area contributed by atoms with Crippen LogP contribution < -0.4 is 10.6 Å². The highest BCUT2D eigenvalue weighted by atomic mass is 35.5. The second kappa shape index (κ2) is 9.37. The van der Waals surface area contributed by atoms with Crippen molar-refractivity contribution in [2.75, 3.05) is 13.1 Å². The predicted molar refractivity (Wildman–Crippen MR) is 94.3 cm³/mol. The molecule has 1 aromatic heterocycles. The van der Waals surface area contributed by atoms with Gasteiger partial charge in [-0.2, -0.15) is 4.98 Å². The van der Waals surface area contributed by atoms with E-state index in [0.717, 1.165) is 57.0 Å². The van der Waals surface area contributed by atoms with Gasteiger partial charge in [0.25, 0.3) is 0 Å². The standard InChI is InChI=1S/C17H28N4O2.ClH/c1-12-19-17(23-21-12)14-3-5-15(6-4-14)20-16(22)7-2-13-8-10-18-11-9-13;/h13-15,18H,2-11H2,1H3,(H,20,22);1H. The highest BCUT2D eigenvalue weighted by molar-refractivity contribution is 5.85. The van der Waals surface area contributed by atoms with E-state index in [1.165, 1.54) is 12.8 Å². The van der Waals surface area contributed by atoms with Gasteiger partial charge in [-0.05, 0) is 70.9 Å². The molecule has 2 fully saturated rings. The summed E-state index contributed by atoms with van der Waals surface area (Å²) in [5, 5.41) is 10.5. The highest BCUT2D eigenvalue weighted by Gasteiger charge is 2.27. The Kier molecular flexibility index (Phi) is 7.49. The van der Waals surface area contributed by atoms with E-state index in [1.807, 2.05) is 6.92 Å². The third-order valence-corrected chi connectivity index (χ3v) is 5.22. The smallest absolute Gasteiger partial charge is 0.229 e. The molecule has 6 nitrogen and oxygen atoms in total. The molecule has 0 bridgehead atoms. The summed E-state index contributed by atoms with van der Waals surface area (Å²) in [6, 6.07) is 0.316. The maximum atomic E-state index is 12.1. The third-order valence-electron chi connectivity index (χ3n) is 5.22. The van der Waals surface area contributed by atoms with E-state index in [9.17, 15) is 4.79 Å². The number of carbonyl (C=O) groups is 1. The minimum atomic E-state index is 0. The average molecular weight is 357 g/mol. The molecule has 1 saturated carbocycles. The van der Waals surface area contributed by atoms with Crippen LogP contribution in [0.15, 0.2) is 4.52 Å². The van der Waals surface area contributed by atoms with Gasteiger partial charge in [-0.3, -0.25) is 4.79 Å². The maximum Gasteiger partial charge on any atom is 0.229 e. The van der Waals surface area contributed by atoms with Crippen LogP contribution in [0.2, 0.25) is 0 Å². The second-order valence-electron chi connectivity index (χ2n) is 7.03. The van der Waals surface area contributed by atoms with Gasteiger partial charge < -0.3 is 15.2 Å². The summed E-state index contributed by atoms with van der Waals surface area (Å²) in [7, 11) is 0. The summed E-state index contributed by atoms with van der Waals surface area (Å²) in [6.45, 7) is 4.05. The van der Waals surface area contributed by atoms with Crippen LogP contribution in [0.1, 0.15) is 69.0 Å². The Morgan fingerprint density at radius 1 is 1.21 bits per heavy atom. The number of halogens is 1. The van der Waals surface area contributed by atoms with Crippen LogP contribution in [0.5, 0.6) is 0 Å². The number of aromatic nitrogens is 2.